The molecule has 0 atom stereocenters. The molecule has 2 heterocycles. The first kappa shape index (κ1) is 20.7. The van der Waals surface area contributed by atoms with E-state index in [-0.39, 0.29) is 23.7 Å². The van der Waals surface area contributed by atoms with Crippen molar-refractivity contribution in [3.8, 4) is 0 Å². The Morgan fingerprint density at radius 1 is 0.778 bits per heavy atom. The standard InChI is InChI=1S/C21H23Br2NO2S/c1-9(2)12-7-13(10(3)4)17(14(8-12)11(5)6)24-20(25)15-16(21(24)26)19(23)27-18(15)22/h7-11H,1-6H3. The zero-order chi connectivity index (χ0) is 20.2. The van der Waals surface area contributed by atoms with Crippen molar-refractivity contribution < 1.29 is 9.59 Å². The summed E-state index contributed by atoms with van der Waals surface area (Å²) in [7, 11) is 0. The van der Waals surface area contributed by atoms with Gasteiger partial charge in [-0.2, -0.15) is 0 Å². The highest BCUT2D eigenvalue weighted by atomic mass is 79.9. The van der Waals surface area contributed by atoms with Gasteiger partial charge in [0.15, 0.2) is 0 Å². The first-order chi connectivity index (χ1) is 12.6. The molecule has 0 unspecified atom stereocenters. The van der Waals surface area contributed by atoms with Gasteiger partial charge in [0.2, 0.25) is 0 Å². The van der Waals surface area contributed by atoms with Gasteiger partial charge in [0.1, 0.15) is 0 Å². The Labute approximate surface area is 181 Å². The maximum absolute atomic E-state index is 13.3. The Balaban J connectivity index is 2.30. The van der Waals surface area contributed by atoms with Crippen LogP contribution in [0.5, 0.6) is 0 Å². The van der Waals surface area contributed by atoms with Crippen LogP contribution in [0.1, 0.15) is 96.7 Å². The van der Waals surface area contributed by atoms with Crippen molar-refractivity contribution in [2.45, 2.75) is 59.3 Å². The summed E-state index contributed by atoms with van der Waals surface area (Å²) in [6.45, 7) is 12.8. The summed E-state index contributed by atoms with van der Waals surface area (Å²) in [4.78, 5) is 27.9. The van der Waals surface area contributed by atoms with E-state index < -0.39 is 0 Å². The number of halogens is 2. The summed E-state index contributed by atoms with van der Waals surface area (Å²) >= 11 is 8.27. The fourth-order valence-electron chi connectivity index (χ4n) is 3.45. The maximum atomic E-state index is 13.3. The van der Waals surface area contributed by atoms with Gasteiger partial charge in [-0.3, -0.25) is 9.59 Å². The summed E-state index contributed by atoms with van der Waals surface area (Å²) in [5.41, 5.74) is 5.03. The predicted octanol–water partition coefficient (Wildman–Crippen LogP) is 7.44. The molecule has 0 aliphatic carbocycles. The van der Waals surface area contributed by atoms with E-state index in [1.165, 1.54) is 21.8 Å². The average Bonchev–Trinajstić information content (AvgIpc) is 3.01. The number of hydrogen-bond acceptors (Lipinski definition) is 3. The third-order valence-corrected chi connectivity index (χ3v) is 7.51. The second-order valence-electron chi connectivity index (χ2n) is 7.86. The van der Waals surface area contributed by atoms with Gasteiger partial charge in [0.05, 0.1) is 24.4 Å². The molecule has 1 aromatic heterocycles. The molecule has 2 amide bonds. The van der Waals surface area contributed by atoms with Gasteiger partial charge in [-0.25, -0.2) is 4.90 Å². The molecular formula is C21H23Br2NO2S. The molecule has 0 saturated carbocycles. The lowest BCUT2D eigenvalue weighted by atomic mass is 9.87. The lowest BCUT2D eigenvalue weighted by Crippen LogP contribution is -2.32. The first-order valence-corrected chi connectivity index (χ1v) is 11.5. The summed E-state index contributed by atoms with van der Waals surface area (Å²) in [6, 6.07) is 4.32. The first-order valence-electron chi connectivity index (χ1n) is 9.10. The molecule has 3 rings (SSSR count). The van der Waals surface area contributed by atoms with Gasteiger partial charge in [-0.1, -0.05) is 53.7 Å². The number of amides is 2. The van der Waals surface area contributed by atoms with Crippen LogP contribution in [-0.4, -0.2) is 11.8 Å². The van der Waals surface area contributed by atoms with E-state index in [0.29, 0.717) is 24.6 Å². The minimum atomic E-state index is -0.245. The summed E-state index contributed by atoms with van der Waals surface area (Å²) in [5.74, 6) is 0.279. The topological polar surface area (TPSA) is 37.4 Å². The van der Waals surface area contributed by atoms with Crippen LogP contribution < -0.4 is 4.90 Å². The van der Waals surface area contributed by atoms with Crippen molar-refractivity contribution in [3.05, 3.63) is 47.5 Å². The summed E-state index contributed by atoms with van der Waals surface area (Å²) in [6.07, 6.45) is 0. The molecule has 0 bridgehead atoms. The number of carbonyl (C=O) groups excluding carboxylic acids is 2. The van der Waals surface area contributed by atoms with Crippen LogP contribution in [0, 0.1) is 0 Å². The van der Waals surface area contributed by atoms with E-state index in [2.05, 4.69) is 85.5 Å². The molecule has 6 heteroatoms. The number of benzene rings is 1. The maximum Gasteiger partial charge on any atom is 0.268 e. The molecule has 0 fully saturated rings. The normalized spacial score (nSPS) is 14.3. The van der Waals surface area contributed by atoms with Gasteiger partial charge in [0.25, 0.3) is 11.8 Å². The Morgan fingerprint density at radius 3 is 1.52 bits per heavy atom. The largest absolute Gasteiger partial charge is 0.268 e. The summed E-state index contributed by atoms with van der Waals surface area (Å²) in [5, 5.41) is 0. The monoisotopic (exact) mass is 511 g/mol. The summed E-state index contributed by atoms with van der Waals surface area (Å²) < 4.78 is 1.39. The average molecular weight is 513 g/mol. The SMILES string of the molecule is CC(C)c1cc(C(C)C)c(N2C(=O)c3c(Br)sc(Br)c3C2=O)c(C(C)C)c1. The van der Waals surface area contributed by atoms with E-state index in [0.717, 1.165) is 16.8 Å². The molecule has 2 aromatic rings. The number of anilines is 1. The van der Waals surface area contributed by atoms with Crippen LogP contribution in [0.4, 0.5) is 5.69 Å². The van der Waals surface area contributed by atoms with Gasteiger partial charge in [0, 0.05) is 0 Å². The second-order valence-corrected chi connectivity index (χ2v) is 11.5. The van der Waals surface area contributed by atoms with Crippen LogP contribution in [0.15, 0.2) is 19.7 Å². The molecule has 0 radical (unpaired) electrons. The molecule has 0 spiro atoms. The highest BCUT2D eigenvalue weighted by molar-refractivity contribution is 9.12. The molecule has 0 saturated heterocycles. The third-order valence-electron chi connectivity index (χ3n) is 4.98. The van der Waals surface area contributed by atoms with E-state index in [4.69, 9.17) is 0 Å². The van der Waals surface area contributed by atoms with Crippen LogP contribution in [0.3, 0.4) is 0 Å². The quantitative estimate of drug-likeness (QED) is 0.399. The Bertz CT molecular complexity index is 878. The number of fused-ring (bicyclic) bond motifs is 1. The second kappa shape index (κ2) is 7.45. The van der Waals surface area contributed by atoms with E-state index >= 15 is 0 Å². The van der Waals surface area contributed by atoms with Crippen molar-refractivity contribution in [2.75, 3.05) is 4.90 Å². The number of hydrogen-bond donors (Lipinski definition) is 0. The number of nitrogens with zero attached hydrogens (tertiary/aromatic N) is 1. The highest BCUT2D eigenvalue weighted by Gasteiger charge is 2.43. The molecule has 1 aliphatic heterocycles. The molecule has 3 nitrogen and oxygen atoms in total. The van der Waals surface area contributed by atoms with Gasteiger partial charge in [-0.15, -0.1) is 11.3 Å². The van der Waals surface area contributed by atoms with Gasteiger partial charge >= 0.3 is 0 Å². The van der Waals surface area contributed by atoms with Crippen molar-refractivity contribution in [3.63, 3.8) is 0 Å². The molecular weight excluding hydrogens is 490 g/mol. The fraction of sp³-hybridized carbons (Fsp3) is 0.429. The van der Waals surface area contributed by atoms with Crippen LogP contribution in [-0.2, 0) is 0 Å². The predicted molar refractivity (Wildman–Crippen MR) is 120 cm³/mol. The molecule has 0 N–H and O–H groups in total. The minimum absolute atomic E-state index is 0.196. The third kappa shape index (κ3) is 3.34. The van der Waals surface area contributed by atoms with Crippen LogP contribution in [0.25, 0.3) is 0 Å². The Hall–Kier alpha value is -0.980. The Morgan fingerprint density at radius 2 is 1.19 bits per heavy atom. The fourth-order valence-corrected chi connectivity index (χ4v) is 6.55. The van der Waals surface area contributed by atoms with E-state index in [9.17, 15) is 9.59 Å². The zero-order valence-corrected chi connectivity index (χ0v) is 20.3. The molecule has 144 valence electrons. The number of imide groups is 1. The van der Waals surface area contributed by atoms with Crippen molar-refractivity contribution in [1.29, 1.82) is 0 Å². The van der Waals surface area contributed by atoms with Crippen molar-refractivity contribution >= 4 is 60.7 Å². The number of rotatable bonds is 4. The van der Waals surface area contributed by atoms with E-state index in [1.807, 2.05) is 0 Å². The number of carbonyl (C=O) groups is 2. The van der Waals surface area contributed by atoms with Crippen LogP contribution >= 0.6 is 43.2 Å². The highest BCUT2D eigenvalue weighted by Crippen LogP contribution is 2.46. The molecule has 1 aliphatic rings. The van der Waals surface area contributed by atoms with Gasteiger partial charge in [-0.05, 0) is 66.3 Å². The molecule has 27 heavy (non-hydrogen) atoms. The van der Waals surface area contributed by atoms with Crippen molar-refractivity contribution in [1.82, 2.24) is 0 Å². The van der Waals surface area contributed by atoms with Crippen molar-refractivity contribution in [2.24, 2.45) is 0 Å². The minimum Gasteiger partial charge on any atom is -0.268 e. The lowest BCUT2D eigenvalue weighted by molar-refractivity contribution is 0.0925. The lowest BCUT2D eigenvalue weighted by Gasteiger charge is -2.27. The molecule has 1 aromatic carbocycles. The zero-order valence-electron chi connectivity index (χ0n) is 16.3. The Kier molecular flexibility index (Phi) is 5.72. The smallest absolute Gasteiger partial charge is 0.268 e. The van der Waals surface area contributed by atoms with Gasteiger partial charge < -0.3 is 0 Å². The number of thiophene rings is 1. The van der Waals surface area contributed by atoms with Crippen LogP contribution in [0.2, 0.25) is 0 Å². The van der Waals surface area contributed by atoms with E-state index in [1.54, 1.807) is 0 Å².